The molecule has 1 unspecified atom stereocenters. The van der Waals surface area contributed by atoms with Crippen LogP contribution in [0.15, 0.2) is 22.6 Å². The minimum atomic E-state index is -5.08. The van der Waals surface area contributed by atoms with Crippen molar-refractivity contribution in [3.8, 4) is 5.75 Å². The molecule has 2 aromatic rings. The molecule has 4 N–H and O–H groups in total. The van der Waals surface area contributed by atoms with E-state index in [0.717, 1.165) is 37.1 Å². The zero-order valence-electron chi connectivity index (χ0n) is 15.7. The third-order valence-electron chi connectivity index (χ3n) is 4.78. The molecule has 2 aliphatic rings. The highest BCUT2D eigenvalue weighted by Crippen LogP contribution is 2.37. The molecule has 1 saturated carbocycles. The molecule has 164 valence electrons. The molecular formula is C18H20ClF3N4O4. The van der Waals surface area contributed by atoms with Crippen molar-refractivity contribution in [2.24, 2.45) is 5.73 Å². The maximum atomic E-state index is 10.6. The van der Waals surface area contributed by atoms with Crippen molar-refractivity contribution in [3.05, 3.63) is 35.0 Å². The zero-order valence-corrected chi connectivity index (χ0v) is 16.4. The molecule has 0 spiro atoms. The first-order valence-corrected chi connectivity index (χ1v) is 9.60. The van der Waals surface area contributed by atoms with Crippen LogP contribution in [0.1, 0.15) is 49.5 Å². The number of benzene rings is 1. The van der Waals surface area contributed by atoms with E-state index in [1.165, 1.54) is 0 Å². The molecule has 4 rings (SSSR count). The largest absolute Gasteiger partial charge is 0.490 e. The smallest absolute Gasteiger partial charge is 0.477 e. The minimum absolute atomic E-state index is 0.282. The molecule has 0 radical (unpaired) electrons. The van der Waals surface area contributed by atoms with Crippen molar-refractivity contribution in [1.82, 2.24) is 10.2 Å². The average molecular weight is 449 g/mol. The highest BCUT2D eigenvalue weighted by atomic mass is 35.5. The number of rotatable bonds is 2. The number of carboxylic acid groups (broad SMARTS) is 1. The number of halogens is 4. The molecule has 1 aliphatic carbocycles. The second kappa shape index (κ2) is 9.09. The Hall–Kier alpha value is -2.53. The van der Waals surface area contributed by atoms with Gasteiger partial charge in [0.15, 0.2) is 6.10 Å². The minimum Gasteiger partial charge on any atom is -0.477 e. The van der Waals surface area contributed by atoms with Crippen LogP contribution < -0.4 is 15.8 Å². The molecule has 1 fully saturated rings. The van der Waals surface area contributed by atoms with Crippen LogP contribution in [0.4, 0.5) is 18.9 Å². The monoisotopic (exact) mass is 448 g/mol. The number of carboxylic acids is 1. The van der Waals surface area contributed by atoms with Crippen molar-refractivity contribution >= 4 is 23.3 Å². The molecule has 1 aromatic heterocycles. The summed E-state index contributed by atoms with van der Waals surface area (Å²) in [6.07, 6.45) is -1.33. The summed E-state index contributed by atoms with van der Waals surface area (Å²) in [5.74, 6) is -0.472. The SMILES string of the molecule is NC1CCC(c2nnc(C3CNc4cc(Cl)ccc4O3)o2)CC1.O=C(O)C(F)(F)F. The van der Waals surface area contributed by atoms with Crippen LogP contribution in [-0.2, 0) is 4.79 Å². The molecule has 1 atom stereocenters. The summed E-state index contributed by atoms with van der Waals surface area (Å²) < 4.78 is 43.6. The van der Waals surface area contributed by atoms with Gasteiger partial charge in [-0.3, -0.25) is 0 Å². The molecule has 0 bridgehead atoms. The third kappa shape index (κ3) is 5.54. The van der Waals surface area contributed by atoms with E-state index in [-0.39, 0.29) is 6.10 Å². The molecule has 2 heterocycles. The van der Waals surface area contributed by atoms with Gasteiger partial charge in [-0.25, -0.2) is 4.79 Å². The van der Waals surface area contributed by atoms with Crippen molar-refractivity contribution in [2.75, 3.05) is 11.9 Å². The van der Waals surface area contributed by atoms with Gasteiger partial charge in [-0.15, -0.1) is 10.2 Å². The van der Waals surface area contributed by atoms with Gasteiger partial charge in [-0.05, 0) is 43.9 Å². The summed E-state index contributed by atoms with van der Waals surface area (Å²) in [4.78, 5) is 8.90. The van der Waals surface area contributed by atoms with Crippen LogP contribution in [-0.4, -0.2) is 40.0 Å². The van der Waals surface area contributed by atoms with Crippen LogP contribution in [0.5, 0.6) is 5.75 Å². The summed E-state index contributed by atoms with van der Waals surface area (Å²) in [5.41, 5.74) is 6.83. The highest BCUT2D eigenvalue weighted by molar-refractivity contribution is 6.30. The Balaban J connectivity index is 0.000000318. The van der Waals surface area contributed by atoms with Crippen LogP contribution in [0.3, 0.4) is 0 Å². The van der Waals surface area contributed by atoms with E-state index in [1.807, 2.05) is 12.1 Å². The van der Waals surface area contributed by atoms with Crippen LogP contribution in [0.25, 0.3) is 0 Å². The lowest BCUT2D eigenvalue weighted by Gasteiger charge is -2.25. The van der Waals surface area contributed by atoms with E-state index < -0.39 is 12.1 Å². The second-order valence-electron chi connectivity index (χ2n) is 7.02. The molecular weight excluding hydrogens is 429 g/mol. The Morgan fingerprint density at radius 2 is 1.83 bits per heavy atom. The summed E-state index contributed by atoms with van der Waals surface area (Å²) in [6.45, 7) is 0.574. The summed E-state index contributed by atoms with van der Waals surface area (Å²) in [7, 11) is 0. The number of ether oxygens (including phenoxy) is 1. The Morgan fingerprint density at radius 3 is 2.47 bits per heavy atom. The van der Waals surface area contributed by atoms with E-state index >= 15 is 0 Å². The molecule has 1 aliphatic heterocycles. The first-order chi connectivity index (χ1) is 14.1. The zero-order chi connectivity index (χ0) is 21.9. The first-order valence-electron chi connectivity index (χ1n) is 9.22. The van der Waals surface area contributed by atoms with Gasteiger partial charge in [0, 0.05) is 17.0 Å². The van der Waals surface area contributed by atoms with E-state index in [1.54, 1.807) is 6.07 Å². The van der Waals surface area contributed by atoms with E-state index in [9.17, 15) is 13.2 Å². The number of nitrogens with one attached hydrogen (secondary N) is 1. The fraction of sp³-hybridized carbons (Fsp3) is 0.500. The van der Waals surface area contributed by atoms with Gasteiger partial charge in [0.05, 0.1) is 12.2 Å². The Labute approximate surface area is 174 Å². The summed E-state index contributed by atoms with van der Waals surface area (Å²) in [6, 6.07) is 5.80. The Kier molecular flexibility index (Phi) is 6.71. The van der Waals surface area contributed by atoms with Gasteiger partial charge < -0.3 is 25.3 Å². The number of hydrogen-bond donors (Lipinski definition) is 3. The number of nitrogens with two attached hydrogens (primary N) is 1. The van der Waals surface area contributed by atoms with Crippen molar-refractivity contribution in [2.45, 2.75) is 49.9 Å². The fourth-order valence-electron chi connectivity index (χ4n) is 3.19. The first kappa shape index (κ1) is 22.2. The number of anilines is 1. The van der Waals surface area contributed by atoms with Gasteiger partial charge in [-0.2, -0.15) is 13.2 Å². The van der Waals surface area contributed by atoms with E-state index in [4.69, 9.17) is 36.4 Å². The third-order valence-corrected chi connectivity index (χ3v) is 5.02. The lowest BCUT2D eigenvalue weighted by molar-refractivity contribution is -0.192. The van der Waals surface area contributed by atoms with Gasteiger partial charge >= 0.3 is 12.1 Å². The number of aromatic nitrogens is 2. The molecule has 0 saturated heterocycles. The number of aliphatic carboxylic acids is 1. The standard InChI is InChI=1S/C16H19ClN4O2.C2HF3O2/c17-10-3-6-13-12(7-10)19-8-14(22-13)16-21-20-15(23-16)9-1-4-11(18)5-2-9;3-2(4,5)1(6)7/h3,6-7,9,11,14,19H,1-2,4-5,8,18H2;(H,6,7). The van der Waals surface area contributed by atoms with Gasteiger partial charge in [-0.1, -0.05) is 11.6 Å². The van der Waals surface area contributed by atoms with E-state index in [0.29, 0.717) is 35.3 Å². The molecule has 0 amide bonds. The van der Waals surface area contributed by atoms with Crippen molar-refractivity contribution < 1.29 is 32.2 Å². The van der Waals surface area contributed by atoms with Gasteiger partial charge in [0.25, 0.3) is 5.89 Å². The topological polar surface area (TPSA) is 124 Å². The maximum absolute atomic E-state index is 10.6. The number of carbonyl (C=O) groups is 1. The molecule has 30 heavy (non-hydrogen) atoms. The average Bonchev–Trinajstić information content (AvgIpc) is 3.18. The quantitative estimate of drug-likeness (QED) is 0.632. The number of hydrogen-bond acceptors (Lipinski definition) is 7. The number of fused-ring (bicyclic) bond motifs is 1. The normalized spacial score (nSPS) is 23.3. The Morgan fingerprint density at radius 1 is 1.20 bits per heavy atom. The van der Waals surface area contributed by atoms with E-state index in [2.05, 4.69) is 15.5 Å². The summed E-state index contributed by atoms with van der Waals surface area (Å²) in [5, 5.41) is 19.5. The second-order valence-corrected chi connectivity index (χ2v) is 7.46. The molecule has 1 aromatic carbocycles. The lowest BCUT2D eigenvalue weighted by atomic mass is 9.86. The molecule has 8 nitrogen and oxygen atoms in total. The van der Waals surface area contributed by atoms with Gasteiger partial charge in [0.2, 0.25) is 5.89 Å². The predicted molar refractivity (Wildman–Crippen MR) is 100 cm³/mol. The molecule has 12 heteroatoms. The summed E-state index contributed by atoms with van der Waals surface area (Å²) >= 11 is 5.98. The Bertz CT molecular complexity index is 885. The number of alkyl halides is 3. The lowest BCUT2D eigenvalue weighted by Crippen LogP contribution is -2.25. The maximum Gasteiger partial charge on any atom is 0.490 e. The predicted octanol–water partition coefficient (Wildman–Crippen LogP) is 3.89. The van der Waals surface area contributed by atoms with Crippen molar-refractivity contribution in [3.63, 3.8) is 0 Å². The van der Waals surface area contributed by atoms with Crippen LogP contribution in [0, 0.1) is 0 Å². The van der Waals surface area contributed by atoms with Crippen LogP contribution in [0.2, 0.25) is 5.02 Å². The van der Waals surface area contributed by atoms with Gasteiger partial charge in [0.1, 0.15) is 5.75 Å². The van der Waals surface area contributed by atoms with Crippen LogP contribution >= 0.6 is 11.6 Å². The number of nitrogens with zero attached hydrogens (tertiary/aromatic N) is 2. The van der Waals surface area contributed by atoms with Crippen molar-refractivity contribution in [1.29, 1.82) is 0 Å². The highest BCUT2D eigenvalue weighted by Gasteiger charge is 2.38. The fourth-order valence-corrected chi connectivity index (χ4v) is 3.36.